The van der Waals surface area contributed by atoms with Crippen molar-refractivity contribution in [1.82, 2.24) is 4.90 Å². The summed E-state index contributed by atoms with van der Waals surface area (Å²) in [7, 11) is 0. The Hall–Kier alpha value is -0.640. The molecule has 2 atom stereocenters. The minimum absolute atomic E-state index is 0.266. The average molecular weight is 632 g/mol. The molecule has 3 nitrogen and oxygen atoms in total. The van der Waals surface area contributed by atoms with E-state index in [1.807, 2.05) is 0 Å². The number of likely N-dealkylation sites (N-methyl/N-ethyl adjacent to an activating group) is 1. The molecule has 1 fully saturated rings. The molecular weight excluding hydrogens is 550 g/mol. The molecule has 0 aromatic carbocycles. The van der Waals surface area contributed by atoms with Gasteiger partial charge in [-0.15, -0.1) is 0 Å². The fourth-order valence-corrected chi connectivity index (χ4v) is 6.57. The Bertz CT molecular complexity index is 580. The molecule has 0 N–H and O–H groups in total. The molecular formula is C42H81NO2. The van der Waals surface area contributed by atoms with Crippen molar-refractivity contribution in [2.24, 2.45) is 0 Å². The van der Waals surface area contributed by atoms with Gasteiger partial charge in [-0.05, 0) is 70.8 Å². The lowest BCUT2D eigenvalue weighted by molar-refractivity contribution is -0.0481. The number of ether oxygens (including phenoxy) is 2. The van der Waals surface area contributed by atoms with Gasteiger partial charge in [0, 0.05) is 26.3 Å². The SMILES string of the molecule is CCCCCCCCC=CCCCCCCCCOC1CN(CC)CC1OCCCCCCCCC=CCCCCCCCC. The van der Waals surface area contributed by atoms with Crippen LogP contribution >= 0.6 is 0 Å². The van der Waals surface area contributed by atoms with Gasteiger partial charge in [0.05, 0.1) is 12.2 Å². The summed E-state index contributed by atoms with van der Waals surface area (Å²) < 4.78 is 12.7. The monoisotopic (exact) mass is 632 g/mol. The van der Waals surface area contributed by atoms with Crippen LogP contribution in [0.3, 0.4) is 0 Å². The van der Waals surface area contributed by atoms with Crippen molar-refractivity contribution in [3.05, 3.63) is 24.3 Å². The average Bonchev–Trinajstić information content (AvgIpc) is 3.45. The van der Waals surface area contributed by atoms with E-state index in [-0.39, 0.29) is 12.2 Å². The maximum atomic E-state index is 6.37. The van der Waals surface area contributed by atoms with E-state index in [4.69, 9.17) is 9.47 Å². The summed E-state index contributed by atoms with van der Waals surface area (Å²) in [5.74, 6) is 0. The summed E-state index contributed by atoms with van der Waals surface area (Å²) in [5, 5.41) is 0. The molecule has 0 amide bonds. The molecule has 45 heavy (non-hydrogen) atoms. The highest BCUT2D eigenvalue weighted by Crippen LogP contribution is 2.19. The highest BCUT2D eigenvalue weighted by Gasteiger charge is 2.33. The number of likely N-dealkylation sites (tertiary alicyclic amines) is 1. The van der Waals surface area contributed by atoms with Crippen LogP contribution in [0, 0.1) is 0 Å². The number of hydrogen-bond acceptors (Lipinski definition) is 3. The van der Waals surface area contributed by atoms with E-state index in [0.717, 1.165) is 32.8 Å². The van der Waals surface area contributed by atoms with Crippen molar-refractivity contribution in [3.8, 4) is 0 Å². The van der Waals surface area contributed by atoms with Crippen molar-refractivity contribution < 1.29 is 9.47 Å². The summed E-state index contributed by atoms with van der Waals surface area (Å²) in [4.78, 5) is 2.50. The molecule has 1 saturated heterocycles. The first-order chi connectivity index (χ1) is 22.3. The predicted molar refractivity (Wildman–Crippen MR) is 200 cm³/mol. The second-order valence-corrected chi connectivity index (χ2v) is 14.0. The van der Waals surface area contributed by atoms with E-state index in [1.165, 1.54) is 180 Å². The van der Waals surface area contributed by atoms with Crippen molar-refractivity contribution in [3.63, 3.8) is 0 Å². The molecule has 0 aromatic heterocycles. The second-order valence-electron chi connectivity index (χ2n) is 14.0. The zero-order valence-electron chi connectivity index (χ0n) is 31.1. The first kappa shape index (κ1) is 42.4. The summed E-state index contributed by atoms with van der Waals surface area (Å²) in [6, 6.07) is 0. The standard InChI is InChI=1S/C42H81NO2/c1-4-7-9-11-13-15-17-19-21-23-25-27-29-31-33-35-37-44-41-39-43(6-3)40-42(41)45-38-36-34-32-30-28-26-24-22-20-18-16-14-12-10-8-5-2/h19-22,41-42H,4-18,23-40H2,1-3H3. The molecule has 0 radical (unpaired) electrons. The summed E-state index contributed by atoms with van der Waals surface area (Å²) in [5.41, 5.74) is 0. The van der Waals surface area contributed by atoms with E-state index < -0.39 is 0 Å². The van der Waals surface area contributed by atoms with Crippen LogP contribution in [0.5, 0.6) is 0 Å². The lowest BCUT2D eigenvalue weighted by Crippen LogP contribution is -2.30. The molecule has 266 valence electrons. The van der Waals surface area contributed by atoms with Gasteiger partial charge >= 0.3 is 0 Å². The summed E-state index contributed by atoms with van der Waals surface area (Å²) in [6.45, 7) is 11.8. The molecule has 0 spiro atoms. The first-order valence-corrected chi connectivity index (χ1v) is 20.6. The van der Waals surface area contributed by atoms with Crippen LogP contribution in [0.25, 0.3) is 0 Å². The van der Waals surface area contributed by atoms with Crippen molar-refractivity contribution in [2.45, 2.75) is 213 Å². The van der Waals surface area contributed by atoms with E-state index in [0.29, 0.717) is 0 Å². The van der Waals surface area contributed by atoms with Crippen LogP contribution in [0.2, 0.25) is 0 Å². The van der Waals surface area contributed by atoms with Gasteiger partial charge < -0.3 is 9.47 Å². The Labute approximate surface area is 283 Å². The van der Waals surface area contributed by atoms with Crippen molar-refractivity contribution >= 4 is 0 Å². The molecule has 0 aliphatic carbocycles. The molecule has 1 aliphatic rings. The summed E-state index contributed by atoms with van der Waals surface area (Å²) in [6.07, 6.45) is 48.1. The van der Waals surface area contributed by atoms with Crippen LogP contribution in [0.1, 0.15) is 201 Å². The third kappa shape index (κ3) is 28.1. The smallest absolute Gasteiger partial charge is 0.0975 e. The molecule has 2 unspecified atom stereocenters. The minimum atomic E-state index is 0.266. The lowest BCUT2D eigenvalue weighted by Gasteiger charge is -2.20. The second kappa shape index (κ2) is 34.7. The Morgan fingerprint density at radius 2 is 0.689 bits per heavy atom. The maximum Gasteiger partial charge on any atom is 0.0975 e. The highest BCUT2D eigenvalue weighted by atomic mass is 16.5. The highest BCUT2D eigenvalue weighted by molar-refractivity contribution is 4.86. The van der Waals surface area contributed by atoms with Crippen LogP contribution in [0.4, 0.5) is 0 Å². The Morgan fingerprint density at radius 1 is 0.400 bits per heavy atom. The van der Waals surface area contributed by atoms with Crippen molar-refractivity contribution in [2.75, 3.05) is 32.8 Å². The first-order valence-electron chi connectivity index (χ1n) is 20.6. The fourth-order valence-electron chi connectivity index (χ4n) is 6.57. The largest absolute Gasteiger partial charge is 0.374 e. The number of unbranched alkanes of at least 4 members (excludes halogenated alkanes) is 24. The molecule has 1 rings (SSSR count). The number of rotatable bonds is 35. The molecule has 0 saturated carbocycles. The van der Waals surface area contributed by atoms with E-state index in [1.54, 1.807) is 0 Å². The van der Waals surface area contributed by atoms with Gasteiger partial charge in [0.2, 0.25) is 0 Å². The zero-order valence-corrected chi connectivity index (χ0v) is 31.1. The van der Waals surface area contributed by atoms with Gasteiger partial charge in [0.25, 0.3) is 0 Å². The molecule has 0 aromatic rings. The maximum absolute atomic E-state index is 6.37. The van der Waals surface area contributed by atoms with E-state index in [9.17, 15) is 0 Å². The third-order valence-electron chi connectivity index (χ3n) is 9.71. The van der Waals surface area contributed by atoms with Gasteiger partial charge in [0.15, 0.2) is 0 Å². The van der Waals surface area contributed by atoms with Crippen LogP contribution in [0.15, 0.2) is 24.3 Å². The quantitative estimate of drug-likeness (QED) is 0.0513. The number of hydrogen-bond donors (Lipinski definition) is 0. The van der Waals surface area contributed by atoms with Gasteiger partial charge in [-0.1, -0.05) is 161 Å². The van der Waals surface area contributed by atoms with E-state index in [2.05, 4.69) is 50.0 Å². The minimum Gasteiger partial charge on any atom is -0.374 e. The molecule has 1 heterocycles. The molecule has 1 aliphatic heterocycles. The van der Waals surface area contributed by atoms with Gasteiger partial charge in [-0.3, -0.25) is 4.90 Å². The fraction of sp³-hybridized carbons (Fsp3) is 0.905. The summed E-state index contributed by atoms with van der Waals surface area (Å²) >= 11 is 0. The zero-order chi connectivity index (χ0) is 32.3. The van der Waals surface area contributed by atoms with Crippen LogP contribution in [-0.4, -0.2) is 50.0 Å². The Balaban J connectivity index is 1.92. The normalized spacial score (nSPS) is 17.5. The Kier molecular flexibility index (Phi) is 32.7. The Morgan fingerprint density at radius 3 is 1.00 bits per heavy atom. The molecule has 0 bridgehead atoms. The van der Waals surface area contributed by atoms with Crippen LogP contribution in [-0.2, 0) is 9.47 Å². The predicted octanol–water partition coefficient (Wildman–Crippen LogP) is 13.2. The third-order valence-corrected chi connectivity index (χ3v) is 9.71. The topological polar surface area (TPSA) is 21.7 Å². The van der Waals surface area contributed by atoms with Crippen LogP contribution < -0.4 is 0 Å². The number of nitrogens with zero attached hydrogens (tertiary/aromatic N) is 1. The van der Waals surface area contributed by atoms with E-state index >= 15 is 0 Å². The van der Waals surface area contributed by atoms with Gasteiger partial charge in [-0.2, -0.15) is 0 Å². The van der Waals surface area contributed by atoms with Gasteiger partial charge in [0.1, 0.15) is 0 Å². The number of allylic oxidation sites excluding steroid dienone is 4. The van der Waals surface area contributed by atoms with Gasteiger partial charge in [-0.25, -0.2) is 0 Å². The lowest BCUT2D eigenvalue weighted by atomic mass is 10.1. The molecule has 3 heteroatoms. The van der Waals surface area contributed by atoms with Crippen molar-refractivity contribution in [1.29, 1.82) is 0 Å².